The molecule has 3 rings (SSSR count). The topological polar surface area (TPSA) is 118 Å². The summed E-state index contributed by atoms with van der Waals surface area (Å²) in [6, 6.07) is 2.73. The van der Waals surface area contributed by atoms with Crippen molar-refractivity contribution in [2.24, 2.45) is 4.99 Å². The molecule has 9 nitrogen and oxygen atoms in total. The summed E-state index contributed by atoms with van der Waals surface area (Å²) in [5, 5.41) is 12.1. The summed E-state index contributed by atoms with van der Waals surface area (Å²) in [4.78, 5) is 40.0. The number of carboxylic acid groups (broad SMARTS) is 1. The third-order valence-electron chi connectivity index (χ3n) is 5.14. The highest BCUT2D eigenvalue weighted by Gasteiger charge is 2.40. The molecule has 168 valence electrons. The van der Waals surface area contributed by atoms with Gasteiger partial charge in [-0.05, 0) is 25.0 Å². The summed E-state index contributed by atoms with van der Waals surface area (Å²) >= 11 is 6.55. The Bertz CT molecular complexity index is 888. The molecule has 2 N–H and O–H groups in total. The standard InChI is InChI=1S/C21H26ClN3O6/c1-13(26)30-9-5-3-2-4-6-10-31-17-8-7-15-14(19(17)22)12-25-16(11-18(27)28)20(29)24-21(25)23-15/h7-8,16H,2-6,9-12H2,1H3,(H,27,28)(H,23,24,29). The zero-order chi connectivity index (χ0) is 22.4. The van der Waals surface area contributed by atoms with Crippen LogP contribution in [0.15, 0.2) is 17.1 Å². The van der Waals surface area contributed by atoms with Gasteiger partial charge in [-0.25, -0.2) is 4.99 Å². The van der Waals surface area contributed by atoms with E-state index in [-0.39, 0.29) is 24.8 Å². The monoisotopic (exact) mass is 451 g/mol. The number of carbonyl (C=O) groups excluding carboxylic acids is 2. The Labute approximate surface area is 185 Å². The number of nitrogens with one attached hydrogen (secondary N) is 1. The zero-order valence-corrected chi connectivity index (χ0v) is 18.1. The lowest BCUT2D eigenvalue weighted by Gasteiger charge is -2.28. The summed E-state index contributed by atoms with van der Waals surface area (Å²) in [6.45, 7) is 2.67. The number of guanidine groups is 1. The molecule has 31 heavy (non-hydrogen) atoms. The van der Waals surface area contributed by atoms with Gasteiger partial charge in [0.1, 0.15) is 11.8 Å². The SMILES string of the molecule is CC(=O)OCCCCCCCOc1ccc2c(c1Cl)CN1C(=N2)NC(=O)C1CC(=O)O. The van der Waals surface area contributed by atoms with Crippen LogP contribution in [0, 0.1) is 0 Å². The average Bonchev–Trinajstić information content (AvgIpc) is 3.00. The summed E-state index contributed by atoms with van der Waals surface area (Å²) < 4.78 is 10.7. The van der Waals surface area contributed by atoms with Gasteiger partial charge in [0.2, 0.25) is 11.9 Å². The maximum Gasteiger partial charge on any atom is 0.305 e. The molecule has 1 unspecified atom stereocenters. The first kappa shape index (κ1) is 22.9. The molecule has 0 radical (unpaired) electrons. The molecular formula is C21H26ClN3O6. The van der Waals surface area contributed by atoms with Crippen LogP contribution in [-0.2, 0) is 25.7 Å². The molecule has 10 heteroatoms. The van der Waals surface area contributed by atoms with E-state index in [9.17, 15) is 14.4 Å². The van der Waals surface area contributed by atoms with E-state index in [0.717, 1.165) is 32.1 Å². The number of amides is 1. The molecule has 1 amide bonds. The second-order valence-electron chi connectivity index (χ2n) is 7.50. The summed E-state index contributed by atoms with van der Waals surface area (Å²) in [7, 11) is 0. The lowest BCUT2D eigenvalue weighted by Crippen LogP contribution is -2.38. The molecule has 2 aliphatic rings. The van der Waals surface area contributed by atoms with E-state index < -0.39 is 12.0 Å². The number of aliphatic carboxylic acids is 1. The molecule has 2 aliphatic heterocycles. The zero-order valence-electron chi connectivity index (χ0n) is 17.4. The number of esters is 1. The first-order chi connectivity index (χ1) is 14.9. The quantitative estimate of drug-likeness (QED) is 0.392. The van der Waals surface area contributed by atoms with Crippen molar-refractivity contribution in [3.05, 3.63) is 22.7 Å². The number of nitrogens with zero attached hydrogens (tertiary/aromatic N) is 2. The van der Waals surface area contributed by atoms with Crippen LogP contribution in [0.2, 0.25) is 5.02 Å². The second-order valence-corrected chi connectivity index (χ2v) is 7.88. The van der Waals surface area contributed by atoms with Gasteiger partial charge in [0.25, 0.3) is 0 Å². The number of aliphatic imine (C=N–C) groups is 1. The van der Waals surface area contributed by atoms with Crippen LogP contribution in [0.1, 0.15) is 51.0 Å². The Hall–Kier alpha value is -2.81. The number of carbonyl (C=O) groups is 3. The van der Waals surface area contributed by atoms with Crippen molar-refractivity contribution in [2.45, 2.75) is 58.0 Å². The van der Waals surface area contributed by atoms with Gasteiger partial charge in [0.15, 0.2) is 0 Å². The van der Waals surface area contributed by atoms with Crippen molar-refractivity contribution in [3.8, 4) is 5.75 Å². The smallest absolute Gasteiger partial charge is 0.305 e. The molecule has 0 aliphatic carbocycles. The fraction of sp³-hybridized carbons (Fsp3) is 0.524. The molecule has 1 aromatic rings. The minimum atomic E-state index is -1.05. The van der Waals surface area contributed by atoms with Gasteiger partial charge in [-0.1, -0.05) is 30.9 Å². The minimum absolute atomic E-state index is 0.248. The number of carboxylic acids is 1. The molecule has 1 aromatic carbocycles. The number of unbranched alkanes of at least 4 members (excludes halogenated alkanes) is 4. The number of halogens is 1. The number of hydrogen-bond donors (Lipinski definition) is 2. The van der Waals surface area contributed by atoms with Crippen molar-refractivity contribution in [1.82, 2.24) is 10.2 Å². The number of fused-ring (bicyclic) bond motifs is 2. The lowest BCUT2D eigenvalue weighted by atomic mass is 10.1. The lowest BCUT2D eigenvalue weighted by molar-refractivity contribution is -0.141. The van der Waals surface area contributed by atoms with Crippen LogP contribution in [0.25, 0.3) is 0 Å². The van der Waals surface area contributed by atoms with Crippen molar-refractivity contribution in [3.63, 3.8) is 0 Å². The fourth-order valence-corrected chi connectivity index (χ4v) is 3.85. The first-order valence-corrected chi connectivity index (χ1v) is 10.7. The number of hydrogen-bond acceptors (Lipinski definition) is 7. The fourth-order valence-electron chi connectivity index (χ4n) is 3.57. The van der Waals surface area contributed by atoms with E-state index in [0.29, 0.717) is 41.2 Å². The third-order valence-corrected chi connectivity index (χ3v) is 5.56. The van der Waals surface area contributed by atoms with Crippen LogP contribution in [0.3, 0.4) is 0 Å². The molecule has 0 aromatic heterocycles. The van der Waals surface area contributed by atoms with Crippen LogP contribution < -0.4 is 10.1 Å². The van der Waals surface area contributed by atoms with Crippen molar-refractivity contribution in [1.29, 1.82) is 0 Å². The van der Waals surface area contributed by atoms with E-state index in [1.807, 2.05) is 0 Å². The maximum atomic E-state index is 12.1. The Morgan fingerprint density at radius 3 is 2.65 bits per heavy atom. The van der Waals surface area contributed by atoms with Crippen molar-refractivity contribution < 1.29 is 29.0 Å². The molecule has 1 atom stereocenters. The Kier molecular flexibility index (Phi) is 7.73. The van der Waals surface area contributed by atoms with E-state index in [1.165, 1.54) is 6.92 Å². The Balaban J connectivity index is 1.50. The highest BCUT2D eigenvalue weighted by atomic mass is 35.5. The van der Waals surface area contributed by atoms with Crippen LogP contribution in [-0.4, -0.2) is 53.1 Å². The highest BCUT2D eigenvalue weighted by Crippen LogP contribution is 2.39. The third kappa shape index (κ3) is 5.88. The Morgan fingerprint density at radius 2 is 1.94 bits per heavy atom. The predicted octanol–water partition coefficient (Wildman–Crippen LogP) is 3.01. The van der Waals surface area contributed by atoms with Gasteiger partial charge in [-0.2, -0.15) is 0 Å². The van der Waals surface area contributed by atoms with Crippen LogP contribution in [0.4, 0.5) is 5.69 Å². The molecular weight excluding hydrogens is 426 g/mol. The van der Waals surface area contributed by atoms with E-state index >= 15 is 0 Å². The predicted molar refractivity (Wildman–Crippen MR) is 113 cm³/mol. The molecule has 1 saturated heterocycles. The molecule has 0 bridgehead atoms. The number of ether oxygens (including phenoxy) is 2. The van der Waals surface area contributed by atoms with E-state index in [1.54, 1.807) is 17.0 Å². The minimum Gasteiger partial charge on any atom is -0.492 e. The van der Waals surface area contributed by atoms with Crippen molar-refractivity contribution in [2.75, 3.05) is 13.2 Å². The molecule has 1 fully saturated rings. The van der Waals surface area contributed by atoms with Gasteiger partial charge in [0.05, 0.1) is 36.9 Å². The molecule has 2 heterocycles. The van der Waals surface area contributed by atoms with Gasteiger partial charge in [-0.15, -0.1) is 0 Å². The van der Waals surface area contributed by atoms with Crippen LogP contribution in [0.5, 0.6) is 5.75 Å². The largest absolute Gasteiger partial charge is 0.492 e. The average molecular weight is 452 g/mol. The van der Waals surface area contributed by atoms with Crippen molar-refractivity contribution >= 4 is 41.1 Å². The summed E-state index contributed by atoms with van der Waals surface area (Å²) in [5.41, 5.74) is 1.34. The van der Waals surface area contributed by atoms with Gasteiger partial charge in [0, 0.05) is 12.5 Å². The molecule has 0 saturated carbocycles. The highest BCUT2D eigenvalue weighted by molar-refractivity contribution is 6.33. The first-order valence-electron chi connectivity index (χ1n) is 10.3. The number of rotatable bonds is 11. The van der Waals surface area contributed by atoms with Gasteiger partial charge >= 0.3 is 11.9 Å². The summed E-state index contributed by atoms with van der Waals surface area (Å²) in [6.07, 6.45) is 4.43. The number of benzene rings is 1. The van der Waals surface area contributed by atoms with E-state index in [4.69, 9.17) is 26.2 Å². The Morgan fingerprint density at radius 1 is 1.23 bits per heavy atom. The van der Waals surface area contributed by atoms with Crippen LogP contribution >= 0.6 is 11.6 Å². The second kappa shape index (κ2) is 10.5. The summed E-state index contributed by atoms with van der Waals surface area (Å²) in [5.74, 6) is -0.789. The van der Waals surface area contributed by atoms with Gasteiger partial charge in [-0.3, -0.25) is 19.7 Å². The maximum absolute atomic E-state index is 12.1. The molecule has 0 spiro atoms. The van der Waals surface area contributed by atoms with E-state index in [2.05, 4.69) is 10.3 Å². The van der Waals surface area contributed by atoms with Gasteiger partial charge < -0.3 is 19.5 Å². The normalized spacial score (nSPS) is 16.8.